The maximum atomic E-state index is 4.75. The molecule has 1 aromatic carbocycles. The van der Waals surface area contributed by atoms with Crippen molar-refractivity contribution in [3.63, 3.8) is 0 Å². The molecule has 0 atom stereocenters. The maximum absolute atomic E-state index is 4.75. The van der Waals surface area contributed by atoms with Crippen molar-refractivity contribution in [2.45, 2.75) is 38.5 Å². The number of benzene rings is 1. The highest BCUT2D eigenvalue weighted by molar-refractivity contribution is 8.03. The fourth-order valence-electron chi connectivity index (χ4n) is 3.20. The number of hydrogen-bond acceptors (Lipinski definition) is 5. The molecule has 0 aliphatic rings. The van der Waals surface area contributed by atoms with Crippen LogP contribution in [0.2, 0.25) is 0 Å². The zero-order valence-corrected chi connectivity index (χ0v) is 17.9. The molecule has 6 nitrogen and oxygen atoms in total. The van der Waals surface area contributed by atoms with Gasteiger partial charge in [0.2, 0.25) is 0 Å². The van der Waals surface area contributed by atoms with Crippen LogP contribution in [0.3, 0.4) is 0 Å². The lowest BCUT2D eigenvalue weighted by atomic mass is 10.1. The molecule has 0 N–H and O–H groups in total. The Kier molecular flexibility index (Phi) is 5.49. The highest BCUT2D eigenvalue weighted by Crippen LogP contribution is 2.30. The van der Waals surface area contributed by atoms with Gasteiger partial charge < -0.3 is 0 Å². The molecule has 0 amide bonds. The number of fused-ring (bicyclic) bond motifs is 1. The number of allylic oxidation sites excluding steroid dienone is 2. The van der Waals surface area contributed by atoms with Gasteiger partial charge >= 0.3 is 0 Å². The van der Waals surface area contributed by atoms with E-state index in [-0.39, 0.29) is 0 Å². The van der Waals surface area contributed by atoms with Crippen LogP contribution in [0.4, 0.5) is 0 Å². The summed E-state index contributed by atoms with van der Waals surface area (Å²) in [6.45, 7) is 6.48. The molecule has 0 unspecified atom stereocenters. The number of thioether (sulfide) groups is 1. The highest BCUT2D eigenvalue weighted by Gasteiger charge is 2.11. The summed E-state index contributed by atoms with van der Waals surface area (Å²) < 4.78 is 3.60. The van der Waals surface area contributed by atoms with Crippen molar-refractivity contribution in [3.05, 3.63) is 70.7 Å². The molecule has 148 valence electrons. The first-order valence-electron chi connectivity index (χ1n) is 9.68. The van der Waals surface area contributed by atoms with E-state index in [1.807, 2.05) is 47.9 Å². The number of aromatic nitrogens is 6. The zero-order valence-electron chi connectivity index (χ0n) is 17.1. The third kappa shape index (κ3) is 4.24. The summed E-state index contributed by atoms with van der Waals surface area (Å²) in [5.74, 6) is 0.825. The van der Waals surface area contributed by atoms with Gasteiger partial charge in [0, 0.05) is 30.1 Å². The molecule has 3 heterocycles. The first-order chi connectivity index (χ1) is 14.0. The molecule has 0 saturated carbocycles. The Labute approximate surface area is 174 Å². The SMILES string of the molecule is CC/C=C(\C)Sc1cc(Cc2nnc3ccc(-c4cnn(C)c4)nn23)ccc1C. The average molecular weight is 405 g/mol. The fourth-order valence-corrected chi connectivity index (χ4v) is 4.24. The van der Waals surface area contributed by atoms with E-state index in [1.54, 1.807) is 4.68 Å². The third-order valence-corrected chi connectivity index (χ3v) is 5.85. The van der Waals surface area contributed by atoms with Gasteiger partial charge in [-0.15, -0.1) is 10.2 Å². The molecule has 0 radical (unpaired) electrons. The van der Waals surface area contributed by atoms with Crippen LogP contribution in [0.15, 0.2) is 58.6 Å². The minimum Gasteiger partial charge on any atom is -0.275 e. The summed E-state index contributed by atoms with van der Waals surface area (Å²) in [5.41, 5.74) is 5.06. The molecule has 3 aromatic heterocycles. The molecule has 0 aliphatic carbocycles. The fraction of sp³-hybridized carbons (Fsp3) is 0.273. The summed E-state index contributed by atoms with van der Waals surface area (Å²) in [4.78, 5) is 2.60. The van der Waals surface area contributed by atoms with Gasteiger partial charge in [0.05, 0.1) is 11.9 Å². The predicted octanol–water partition coefficient (Wildman–Crippen LogP) is 4.83. The van der Waals surface area contributed by atoms with E-state index >= 15 is 0 Å². The molecule has 0 saturated heterocycles. The van der Waals surface area contributed by atoms with E-state index in [0.717, 1.165) is 29.1 Å². The molecule has 0 bridgehead atoms. The van der Waals surface area contributed by atoms with Crippen LogP contribution in [0.5, 0.6) is 0 Å². The summed E-state index contributed by atoms with van der Waals surface area (Å²) in [6.07, 6.45) is 7.75. The van der Waals surface area contributed by atoms with Crippen molar-refractivity contribution < 1.29 is 0 Å². The monoisotopic (exact) mass is 404 g/mol. The van der Waals surface area contributed by atoms with Gasteiger partial charge in [0.25, 0.3) is 0 Å². The Morgan fingerprint density at radius 1 is 1.17 bits per heavy atom. The third-order valence-electron chi connectivity index (χ3n) is 4.71. The van der Waals surface area contributed by atoms with Crippen LogP contribution in [0.25, 0.3) is 16.9 Å². The molecule has 4 rings (SSSR count). The number of hydrogen-bond donors (Lipinski definition) is 0. The van der Waals surface area contributed by atoms with Gasteiger partial charge in [-0.05, 0) is 54.5 Å². The highest BCUT2D eigenvalue weighted by atomic mass is 32.2. The lowest BCUT2D eigenvalue weighted by Gasteiger charge is -2.09. The Bertz CT molecular complexity index is 1190. The smallest absolute Gasteiger partial charge is 0.177 e. The van der Waals surface area contributed by atoms with Gasteiger partial charge in [-0.3, -0.25) is 4.68 Å². The Hall–Kier alpha value is -2.93. The molecule has 0 aliphatic heterocycles. The molecule has 7 heteroatoms. The average Bonchev–Trinajstić information content (AvgIpc) is 3.31. The molecular formula is C22H24N6S. The second-order valence-electron chi connectivity index (χ2n) is 7.11. The van der Waals surface area contributed by atoms with Gasteiger partial charge in [-0.1, -0.05) is 36.9 Å². The van der Waals surface area contributed by atoms with E-state index in [1.165, 1.54) is 20.9 Å². The van der Waals surface area contributed by atoms with E-state index < -0.39 is 0 Å². The van der Waals surface area contributed by atoms with Crippen LogP contribution in [0.1, 0.15) is 37.2 Å². The predicted molar refractivity (Wildman–Crippen MR) is 117 cm³/mol. The standard InChI is InChI=1S/C22H24N6S/c1-5-6-16(3)29-20-11-17(8-7-15(20)2)12-22-25-24-21-10-9-19(26-28(21)22)18-13-23-27(4)14-18/h6-11,13-14H,5,12H2,1-4H3/b16-6+. The Morgan fingerprint density at radius 3 is 2.79 bits per heavy atom. The van der Waals surface area contributed by atoms with Crippen molar-refractivity contribution in [1.82, 2.24) is 29.6 Å². The Balaban J connectivity index is 1.65. The van der Waals surface area contributed by atoms with E-state index in [9.17, 15) is 0 Å². The molecule has 4 aromatic rings. The largest absolute Gasteiger partial charge is 0.275 e. The van der Waals surface area contributed by atoms with Crippen LogP contribution < -0.4 is 0 Å². The quantitative estimate of drug-likeness (QED) is 0.431. The number of rotatable bonds is 6. The second-order valence-corrected chi connectivity index (χ2v) is 8.40. The molecule has 0 spiro atoms. The summed E-state index contributed by atoms with van der Waals surface area (Å²) in [7, 11) is 1.90. The minimum atomic E-state index is 0.676. The van der Waals surface area contributed by atoms with Crippen LogP contribution in [0, 0.1) is 6.92 Å². The lowest BCUT2D eigenvalue weighted by molar-refractivity contribution is 0.768. The van der Waals surface area contributed by atoms with Crippen molar-refractivity contribution >= 4 is 17.4 Å². The molecular weight excluding hydrogens is 380 g/mol. The van der Waals surface area contributed by atoms with Crippen LogP contribution >= 0.6 is 11.8 Å². The Morgan fingerprint density at radius 2 is 2.03 bits per heavy atom. The minimum absolute atomic E-state index is 0.676. The summed E-state index contributed by atoms with van der Waals surface area (Å²) in [6, 6.07) is 10.5. The van der Waals surface area contributed by atoms with Gasteiger partial charge in [-0.25, -0.2) is 0 Å². The first-order valence-corrected chi connectivity index (χ1v) is 10.5. The van der Waals surface area contributed by atoms with Crippen LogP contribution in [-0.4, -0.2) is 29.6 Å². The van der Waals surface area contributed by atoms with Crippen LogP contribution in [-0.2, 0) is 13.5 Å². The zero-order chi connectivity index (χ0) is 20.4. The van der Waals surface area contributed by atoms with Gasteiger partial charge in [0.1, 0.15) is 0 Å². The number of aryl methyl sites for hydroxylation is 2. The molecule has 0 fully saturated rings. The normalized spacial score (nSPS) is 12.1. The first kappa shape index (κ1) is 19.4. The lowest BCUT2D eigenvalue weighted by Crippen LogP contribution is -2.01. The van der Waals surface area contributed by atoms with Crippen molar-refractivity contribution in [2.24, 2.45) is 7.05 Å². The van der Waals surface area contributed by atoms with Crippen molar-refractivity contribution in [1.29, 1.82) is 0 Å². The van der Waals surface area contributed by atoms with Gasteiger partial charge in [0.15, 0.2) is 11.5 Å². The van der Waals surface area contributed by atoms with Crippen molar-refractivity contribution in [2.75, 3.05) is 0 Å². The maximum Gasteiger partial charge on any atom is 0.177 e. The topological polar surface area (TPSA) is 60.9 Å². The molecule has 29 heavy (non-hydrogen) atoms. The van der Waals surface area contributed by atoms with E-state index in [4.69, 9.17) is 5.10 Å². The van der Waals surface area contributed by atoms with Gasteiger partial charge in [-0.2, -0.15) is 14.7 Å². The van der Waals surface area contributed by atoms with E-state index in [2.05, 4.69) is 60.3 Å². The summed E-state index contributed by atoms with van der Waals surface area (Å²) >= 11 is 1.82. The van der Waals surface area contributed by atoms with E-state index in [0.29, 0.717) is 6.42 Å². The number of nitrogens with zero attached hydrogens (tertiary/aromatic N) is 6. The van der Waals surface area contributed by atoms with Crippen molar-refractivity contribution in [3.8, 4) is 11.3 Å². The summed E-state index contributed by atoms with van der Waals surface area (Å²) in [5, 5.41) is 17.7. The second kappa shape index (κ2) is 8.21.